The van der Waals surface area contributed by atoms with Crippen LogP contribution in [-0.2, 0) is 33.6 Å². The van der Waals surface area contributed by atoms with Crippen molar-refractivity contribution in [2.75, 3.05) is 18.1 Å². The molecule has 2 aromatic heterocycles. The maximum absolute atomic E-state index is 13.2. The average molecular weight is 551 g/mol. The Morgan fingerprint density at radius 2 is 1.73 bits per heavy atom. The number of fused-ring (bicyclic) bond motifs is 1. The quantitative estimate of drug-likeness (QED) is 0.315. The van der Waals surface area contributed by atoms with Crippen molar-refractivity contribution in [2.45, 2.75) is 43.7 Å². The number of nitrogens with zero attached hydrogens (tertiary/aromatic N) is 3. The number of halogens is 3. The standard InChI is InChI=1S/C29H29F3N6O2/c1-27(2,25(39)34-3)21-15-20(22-23(33)37-38(4)24(22)36-21)16-8-10-19(11-9-16)35-26(40)28(12-13-28)17-6-5-7-18(14-17)29(30,31)32/h5-11,14-15H,12-13H2,1-4H3,(H2,33,37)(H,34,39)(H,35,40). The van der Waals surface area contributed by atoms with E-state index in [0.717, 1.165) is 23.3 Å². The predicted octanol–water partition coefficient (Wildman–Crippen LogP) is 4.93. The van der Waals surface area contributed by atoms with E-state index in [-0.39, 0.29) is 11.8 Å². The van der Waals surface area contributed by atoms with Gasteiger partial charge in [0.15, 0.2) is 11.5 Å². The highest BCUT2D eigenvalue weighted by Crippen LogP contribution is 2.50. The summed E-state index contributed by atoms with van der Waals surface area (Å²) < 4.78 is 41.3. The Morgan fingerprint density at radius 1 is 1.05 bits per heavy atom. The molecule has 0 bridgehead atoms. The molecule has 0 unspecified atom stereocenters. The lowest BCUT2D eigenvalue weighted by molar-refractivity contribution is -0.137. The number of nitrogens with two attached hydrogens (primary N) is 1. The molecule has 1 aliphatic rings. The van der Waals surface area contributed by atoms with Crippen molar-refractivity contribution >= 4 is 34.4 Å². The molecular formula is C29H29F3N6O2. The maximum atomic E-state index is 13.2. The third kappa shape index (κ3) is 4.55. The van der Waals surface area contributed by atoms with Gasteiger partial charge in [0.05, 0.1) is 27.5 Å². The number of anilines is 2. The van der Waals surface area contributed by atoms with Crippen molar-refractivity contribution in [3.8, 4) is 11.1 Å². The van der Waals surface area contributed by atoms with Crippen LogP contribution in [0.15, 0.2) is 54.6 Å². The second-order valence-corrected chi connectivity index (χ2v) is 10.7. The van der Waals surface area contributed by atoms with E-state index in [4.69, 9.17) is 10.7 Å². The van der Waals surface area contributed by atoms with Crippen LogP contribution in [0.1, 0.15) is 43.5 Å². The lowest BCUT2D eigenvalue weighted by Gasteiger charge is -2.23. The molecule has 0 spiro atoms. The molecule has 4 N–H and O–H groups in total. The van der Waals surface area contributed by atoms with E-state index in [1.807, 2.05) is 6.07 Å². The molecule has 5 rings (SSSR count). The zero-order valence-electron chi connectivity index (χ0n) is 22.5. The minimum atomic E-state index is -4.48. The SMILES string of the molecule is CNC(=O)C(C)(C)c1cc(-c2ccc(NC(=O)C3(c4cccc(C(F)(F)F)c4)CC3)cc2)c2c(N)nn(C)c2n1. The van der Waals surface area contributed by atoms with Crippen LogP contribution in [0, 0.1) is 0 Å². The van der Waals surface area contributed by atoms with Crippen molar-refractivity contribution in [1.29, 1.82) is 0 Å². The van der Waals surface area contributed by atoms with E-state index >= 15 is 0 Å². The van der Waals surface area contributed by atoms with Gasteiger partial charge in [-0.25, -0.2) is 9.67 Å². The van der Waals surface area contributed by atoms with Crippen LogP contribution in [0.2, 0.25) is 0 Å². The van der Waals surface area contributed by atoms with Crippen LogP contribution in [0.5, 0.6) is 0 Å². The van der Waals surface area contributed by atoms with Crippen molar-refractivity contribution in [3.63, 3.8) is 0 Å². The summed E-state index contributed by atoms with van der Waals surface area (Å²) in [7, 11) is 3.29. The second kappa shape index (κ2) is 9.35. The first-order valence-electron chi connectivity index (χ1n) is 12.7. The van der Waals surface area contributed by atoms with Gasteiger partial charge in [-0.1, -0.05) is 30.3 Å². The van der Waals surface area contributed by atoms with Crippen molar-refractivity contribution in [3.05, 3.63) is 71.4 Å². The Labute approximate surface area is 228 Å². The number of hydrogen-bond donors (Lipinski definition) is 3. The molecule has 8 nitrogen and oxygen atoms in total. The zero-order chi connectivity index (χ0) is 29.0. The van der Waals surface area contributed by atoms with Crippen LogP contribution in [0.4, 0.5) is 24.7 Å². The highest BCUT2D eigenvalue weighted by Gasteiger charge is 2.51. The van der Waals surface area contributed by atoms with Crippen LogP contribution in [-0.4, -0.2) is 33.6 Å². The number of nitrogens with one attached hydrogen (secondary N) is 2. The number of aryl methyl sites for hydroxylation is 1. The minimum Gasteiger partial charge on any atom is -0.382 e. The molecule has 1 saturated carbocycles. The number of benzene rings is 2. The third-order valence-electron chi connectivity index (χ3n) is 7.64. The number of aromatic nitrogens is 3. The number of amides is 2. The first kappa shape index (κ1) is 27.2. The minimum absolute atomic E-state index is 0.201. The summed E-state index contributed by atoms with van der Waals surface area (Å²) in [4.78, 5) is 30.5. The van der Waals surface area contributed by atoms with Crippen LogP contribution < -0.4 is 16.4 Å². The first-order valence-corrected chi connectivity index (χ1v) is 12.7. The molecule has 0 radical (unpaired) electrons. The van der Waals surface area contributed by atoms with Crippen molar-refractivity contribution in [2.24, 2.45) is 7.05 Å². The van der Waals surface area contributed by atoms with Gasteiger partial charge in [-0.15, -0.1) is 0 Å². The smallest absolute Gasteiger partial charge is 0.382 e. The molecule has 1 fully saturated rings. The van der Waals surface area contributed by atoms with Gasteiger partial charge >= 0.3 is 6.18 Å². The van der Waals surface area contributed by atoms with Gasteiger partial charge in [-0.3, -0.25) is 9.59 Å². The summed E-state index contributed by atoms with van der Waals surface area (Å²) in [6, 6.07) is 13.8. The number of carbonyl (C=O) groups excluding carboxylic acids is 2. The van der Waals surface area contributed by atoms with E-state index in [2.05, 4.69) is 15.7 Å². The predicted molar refractivity (Wildman–Crippen MR) is 146 cm³/mol. The molecular weight excluding hydrogens is 521 g/mol. The normalized spacial score (nSPS) is 14.7. The van der Waals surface area contributed by atoms with Gasteiger partial charge in [-0.05, 0) is 67.6 Å². The van der Waals surface area contributed by atoms with Gasteiger partial charge < -0.3 is 16.4 Å². The Bertz CT molecular complexity index is 1640. The molecule has 2 amide bonds. The van der Waals surface area contributed by atoms with Gasteiger partial charge in [-0.2, -0.15) is 18.3 Å². The molecule has 1 aliphatic carbocycles. The van der Waals surface area contributed by atoms with E-state index in [1.165, 1.54) is 6.07 Å². The van der Waals surface area contributed by atoms with Crippen LogP contribution >= 0.6 is 0 Å². The summed E-state index contributed by atoms with van der Waals surface area (Å²) in [6.07, 6.45) is -3.54. The highest BCUT2D eigenvalue weighted by atomic mass is 19.4. The Hall–Kier alpha value is -4.41. The molecule has 0 saturated heterocycles. The molecule has 208 valence electrons. The number of nitrogen functional groups attached to an aromatic ring is 1. The fraction of sp³-hybridized carbons (Fsp3) is 0.310. The monoisotopic (exact) mass is 550 g/mol. The molecule has 0 aliphatic heterocycles. The van der Waals surface area contributed by atoms with E-state index in [9.17, 15) is 22.8 Å². The largest absolute Gasteiger partial charge is 0.416 e. The Kier molecular flexibility index (Phi) is 6.35. The summed E-state index contributed by atoms with van der Waals surface area (Å²) >= 11 is 0. The number of carbonyl (C=O) groups is 2. The van der Waals surface area contributed by atoms with Gasteiger partial charge in [0.1, 0.15) is 0 Å². The van der Waals surface area contributed by atoms with Crippen LogP contribution in [0.3, 0.4) is 0 Å². The average Bonchev–Trinajstić information content (AvgIpc) is 3.69. The lowest BCUT2D eigenvalue weighted by atomic mass is 9.86. The Balaban J connectivity index is 1.46. The van der Waals surface area contributed by atoms with Crippen LogP contribution in [0.25, 0.3) is 22.2 Å². The summed E-state index contributed by atoms with van der Waals surface area (Å²) in [5.41, 5.74) is 6.93. The molecule has 11 heteroatoms. The number of pyridine rings is 1. The fourth-order valence-electron chi connectivity index (χ4n) is 5.00. The second-order valence-electron chi connectivity index (χ2n) is 10.7. The fourth-order valence-corrected chi connectivity index (χ4v) is 5.00. The number of alkyl halides is 3. The van der Waals surface area contributed by atoms with Crippen molar-refractivity contribution < 1.29 is 22.8 Å². The van der Waals surface area contributed by atoms with Gasteiger partial charge in [0.2, 0.25) is 11.8 Å². The molecule has 4 aromatic rings. The van der Waals surface area contributed by atoms with Crippen molar-refractivity contribution in [1.82, 2.24) is 20.1 Å². The summed E-state index contributed by atoms with van der Waals surface area (Å²) in [5, 5.41) is 10.5. The number of hydrogen-bond acceptors (Lipinski definition) is 5. The number of likely N-dealkylation sites (N-methyl/N-ethyl adjacent to an activating group) is 1. The summed E-state index contributed by atoms with van der Waals surface area (Å²) in [6.45, 7) is 3.56. The van der Waals surface area contributed by atoms with E-state index in [1.54, 1.807) is 63.0 Å². The van der Waals surface area contributed by atoms with E-state index in [0.29, 0.717) is 46.6 Å². The van der Waals surface area contributed by atoms with Gasteiger partial charge in [0.25, 0.3) is 0 Å². The highest BCUT2D eigenvalue weighted by molar-refractivity contribution is 6.03. The van der Waals surface area contributed by atoms with Gasteiger partial charge in [0, 0.05) is 19.8 Å². The zero-order valence-corrected chi connectivity index (χ0v) is 22.5. The van der Waals surface area contributed by atoms with E-state index < -0.39 is 22.6 Å². The maximum Gasteiger partial charge on any atom is 0.416 e. The third-order valence-corrected chi connectivity index (χ3v) is 7.64. The lowest BCUT2D eigenvalue weighted by Crippen LogP contribution is -2.38. The Morgan fingerprint density at radius 3 is 2.33 bits per heavy atom. The summed E-state index contributed by atoms with van der Waals surface area (Å²) in [5.74, 6) is -0.260. The molecule has 2 heterocycles. The first-order chi connectivity index (χ1) is 18.8. The molecule has 0 atom stereocenters. The molecule has 2 aromatic carbocycles. The molecule has 40 heavy (non-hydrogen) atoms. The number of rotatable bonds is 6. The topological polar surface area (TPSA) is 115 Å².